The van der Waals surface area contributed by atoms with Gasteiger partial charge in [-0.25, -0.2) is 0 Å². The lowest BCUT2D eigenvalue weighted by Gasteiger charge is -2.32. The van der Waals surface area contributed by atoms with Crippen molar-refractivity contribution in [2.24, 2.45) is 0 Å². The molecule has 0 saturated carbocycles. The van der Waals surface area contributed by atoms with Crippen LogP contribution in [0.5, 0.6) is 0 Å². The zero-order valence-electron chi connectivity index (χ0n) is 12.4. The highest BCUT2D eigenvalue weighted by Gasteiger charge is 2.39. The summed E-state index contributed by atoms with van der Waals surface area (Å²) in [7, 11) is 3.97. The number of nitrogens with zero attached hydrogens (tertiary/aromatic N) is 3. The Kier molecular flexibility index (Phi) is 4.83. The van der Waals surface area contributed by atoms with Crippen LogP contribution >= 0.6 is 11.6 Å². The summed E-state index contributed by atoms with van der Waals surface area (Å²) in [4.78, 5) is 14.8. The summed E-state index contributed by atoms with van der Waals surface area (Å²) in [6.07, 6.45) is 4.29. The summed E-state index contributed by atoms with van der Waals surface area (Å²) in [5.41, 5.74) is -0.296. The number of Topliss-reactive ketones (excluding diaryl/α,β-unsaturated/α-hetero) is 1. The van der Waals surface area contributed by atoms with E-state index < -0.39 is 5.60 Å². The van der Waals surface area contributed by atoms with E-state index in [4.69, 9.17) is 16.3 Å². The van der Waals surface area contributed by atoms with Gasteiger partial charge < -0.3 is 9.64 Å². The molecule has 1 saturated heterocycles. The number of hydrogen-bond acceptors (Lipinski definition) is 4. The van der Waals surface area contributed by atoms with Gasteiger partial charge in [-0.2, -0.15) is 5.10 Å². The Morgan fingerprint density at radius 3 is 2.90 bits per heavy atom. The minimum atomic E-state index is -0.766. The molecule has 2 heterocycles. The summed E-state index contributed by atoms with van der Waals surface area (Å²) in [6, 6.07) is 0. The van der Waals surface area contributed by atoms with Crippen LogP contribution < -0.4 is 0 Å². The van der Waals surface area contributed by atoms with Crippen LogP contribution in [0, 0.1) is 0 Å². The van der Waals surface area contributed by atoms with E-state index in [1.807, 2.05) is 25.9 Å². The van der Waals surface area contributed by atoms with Crippen LogP contribution in [0.3, 0.4) is 0 Å². The Hall–Kier alpha value is -0.910. The minimum Gasteiger partial charge on any atom is -0.367 e. The molecule has 1 fully saturated rings. The SMILES string of the molecule is CN(C)CCn1ncc(Cl)c1C(=O)C1(C)CCCCO1. The third kappa shape index (κ3) is 3.22. The second-order valence-electron chi connectivity index (χ2n) is 5.73. The lowest BCUT2D eigenvalue weighted by atomic mass is 9.90. The third-order valence-electron chi connectivity index (χ3n) is 3.72. The van der Waals surface area contributed by atoms with E-state index in [1.54, 1.807) is 4.68 Å². The van der Waals surface area contributed by atoms with Crippen molar-refractivity contribution in [3.8, 4) is 0 Å². The van der Waals surface area contributed by atoms with Crippen molar-refractivity contribution in [2.45, 2.75) is 38.3 Å². The zero-order valence-corrected chi connectivity index (χ0v) is 13.1. The first-order valence-corrected chi connectivity index (χ1v) is 7.36. The van der Waals surface area contributed by atoms with E-state index in [2.05, 4.69) is 5.10 Å². The average Bonchev–Trinajstić information content (AvgIpc) is 2.77. The van der Waals surface area contributed by atoms with Crippen molar-refractivity contribution >= 4 is 17.4 Å². The highest BCUT2D eigenvalue weighted by Crippen LogP contribution is 2.30. The molecule has 6 heteroatoms. The Balaban J connectivity index is 2.22. The zero-order chi connectivity index (χ0) is 14.8. The quantitative estimate of drug-likeness (QED) is 0.782. The fraction of sp³-hybridized carbons (Fsp3) is 0.714. The van der Waals surface area contributed by atoms with E-state index in [-0.39, 0.29) is 5.78 Å². The van der Waals surface area contributed by atoms with Gasteiger partial charge in [0.2, 0.25) is 5.78 Å². The Labute approximate surface area is 124 Å². The highest BCUT2D eigenvalue weighted by molar-refractivity contribution is 6.34. The van der Waals surface area contributed by atoms with Gasteiger partial charge in [0, 0.05) is 13.2 Å². The first-order valence-electron chi connectivity index (χ1n) is 6.99. The number of likely N-dealkylation sites (N-methyl/N-ethyl adjacent to an activating group) is 1. The van der Waals surface area contributed by atoms with E-state index in [0.717, 1.165) is 25.8 Å². The fourth-order valence-electron chi connectivity index (χ4n) is 2.42. The number of halogens is 1. The topological polar surface area (TPSA) is 47.4 Å². The van der Waals surface area contributed by atoms with Crippen molar-refractivity contribution < 1.29 is 9.53 Å². The largest absolute Gasteiger partial charge is 0.367 e. The van der Waals surface area contributed by atoms with Crippen LogP contribution in [0.1, 0.15) is 36.7 Å². The summed E-state index contributed by atoms with van der Waals surface area (Å²) in [6.45, 7) is 3.92. The van der Waals surface area contributed by atoms with Crippen molar-refractivity contribution in [3.05, 3.63) is 16.9 Å². The number of carbonyl (C=O) groups excluding carboxylic acids is 1. The Bertz CT molecular complexity index is 479. The van der Waals surface area contributed by atoms with Crippen LogP contribution in [0.25, 0.3) is 0 Å². The maximum Gasteiger partial charge on any atom is 0.213 e. The van der Waals surface area contributed by atoms with Gasteiger partial charge in [-0.15, -0.1) is 0 Å². The summed E-state index contributed by atoms with van der Waals surface area (Å²) >= 11 is 6.16. The van der Waals surface area contributed by atoms with Gasteiger partial charge in [-0.1, -0.05) is 11.6 Å². The second kappa shape index (κ2) is 6.24. The molecule has 1 aromatic heterocycles. The lowest BCUT2D eigenvalue weighted by molar-refractivity contribution is -0.0432. The molecule has 1 atom stereocenters. The molecule has 0 aliphatic carbocycles. The van der Waals surface area contributed by atoms with Crippen LogP contribution in [0.2, 0.25) is 5.02 Å². The van der Waals surface area contributed by atoms with E-state index in [1.165, 1.54) is 6.20 Å². The van der Waals surface area contributed by atoms with Crippen LogP contribution in [-0.4, -0.2) is 53.3 Å². The monoisotopic (exact) mass is 299 g/mol. The molecule has 0 N–H and O–H groups in total. The number of ether oxygens (including phenoxy) is 1. The number of rotatable bonds is 5. The molecule has 5 nitrogen and oxygen atoms in total. The second-order valence-corrected chi connectivity index (χ2v) is 6.14. The molecule has 0 amide bonds. The number of ketones is 1. The molecule has 2 rings (SSSR count). The number of aromatic nitrogens is 2. The Morgan fingerprint density at radius 1 is 1.55 bits per heavy atom. The number of hydrogen-bond donors (Lipinski definition) is 0. The number of carbonyl (C=O) groups is 1. The van der Waals surface area contributed by atoms with Crippen molar-refractivity contribution in [1.82, 2.24) is 14.7 Å². The van der Waals surface area contributed by atoms with Crippen molar-refractivity contribution in [2.75, 3.05) is 27.2 Å². The average molecular weight is 300 g/mol. The van der Waals surface area contributed by atoms with Crippen molar-refractivity contribution in [3.63, 3.8) is 0 Å². The summed E-state index contributed by atoms with van der Waals surface area (Å²) < 4.78 is 7.42. The first kappa shape index (κ1) is 15.5. The molecule has 0 aromatic carbocycles. The molecular weight excluding hydrogens is 278 g/mol. The minimum absolute atomic E-state index is 0.0570. The van der Waals surface area contributed by atoms with E-state index >= 15 is 0 Å². The van der Waals surface area contributed by atoms with E-state index in [9.17, 15) is 4.79 Å². The maximum absolute atomic E-state index is 12.8. The van der Waals surface area contributed by atoms with Crippen LogP contribution in [-0.2, 0) is 11.3 Å². The molecule has 20 heavy (non-hydrogen) atoms. The third-order valence-corrected chi connectivity index (χ3v) is 3.99. The molecule has 0 radical (unpaired) electrons. The molecule has 0 bridgehead atoms. The van der Waals surface area contributed by atoms with Gasteiger partial charge in [0.15, 0.2) is 0 Å². The predicted molar refractivity (Wildman–Crippen MR) is 78.3 cm³/mol. The van der Waals surface area contributed by atoms with E-state index in [0.29, 0.717) is 23.9 Å². The maximum atomic E-state index is 12.8. The van der Waals surface area contributed by atoms with Gasteiger partial charge in [0.25, 0.3) is 0 Å². The van der Waals surface area contributed by atoms with Crippen LogP contribution in [0.15, 0.2) is 6.20 Å². The summed E-state index contributed by atoms with van der Waals surface area (Å²) in [5.74, 6) is -0.0570. The van der Waals surface area contributed by atoms with Gasteiger partial charge in [-0.3, -0.25) is 9.48 Å². The molecule has 0 spiro atoms. The standard InChI is InChI=1S/C14H22ClN3O2/c1-14(6-4-5-9-20-14)13(19)12-11(15)10-16-18(12)8-7-17(2)3/h10H,4-9H2,1-3H3. The molecule has 1 aromatic rings. The Morgan fingerprint density at radius 2 is 2.30 bits per heavy atom. The molecule has 112 valence electrons. The molecular formula is C14H22ClN3O2. The highest BCUT2D eigenvalue weighted by atomic mass is 35.5. The van der Waals surface area contributed by atoms with Gasteiger partial charge in [-0.05, 0) is 40.3 Å². The molecule has 1 aliphatic rings. The van der Waals surface area contributed by atoms with Crippen LogP contribution in [0.4, 0.5) is 0 Å². The lowest BCUT2D eigenvalue weighted by Crippen LogP contribution is -2.42. The fourth-order valence-corrected chi connectivity index (χ4v) is 2.64. The van der Waals surface area contributed by atoms with Gasteiger partial charge in [0.1, 0.15) is 11.3 Å². The van der Waals surface area contributed by atoms with Gasteiger partial charge in [0.05, 0.1) is 17.8 Å². The normalized spacial score (nSPS) is 23.2. The molecule has 1 aliphatic heterocycles. The van der Waals surface area contributed by atoms with Crippen molar-refractivity contribution in [1.29, 1.82) is 0 Å². The smallest absolute Gasteiger partial charge is 0.213 e. The van der Waals surface area contributed by atoms with Gasteiger partial charge >= 0.3 is 0 Å². The first-order chi connectivity index (χ1) is 9.44. The predicted octanol–water partition coefficient (Wildman–Crippen LogP) is 2.24. The molecule has 1 unspecified atom stereocenters. The summed E-state index contributed by atoms with van der Waals surface area (Å²) in [5, 5.41) is 4.62.